The maximum atomic E-state index is 12.4. The van der Waals surface area contributed by atoms with E-state index in [0.29, 0.717) is 22.9 Å². The number of ether oxygens (including phenoxy) is 1. The minimum absolute atomic E-state index is 0.192. The van der Waals surface area contributed by atoms with Gasteiger partial charge in [0, 0.05) is 16.8 Å². The number of oxazole rings is 1. The number of carbonyl (C=O) groups excluding carboxylic acids is 1. The lowest BCUT2D eigenvalue weighted by Gasteiger charge is -2.07. The molecule has 0 spiro atoms. The fourth-order valence-electron chi connectivity index (χ4n) is 2.67. The largest absolute Gasteiger partial charge is 0.497 e. The Morgan fingerprint density at radius 1 is 1.00 bits per heavy atom. The summed E-state index contributed by atoms with van der Waals surface area (Å²) in [6, 6.07) is 22.0. The standard InChI is InChI=1S/C21H16N2O3/c1-25-17-11-9-14(10-12-17)20(24)22-16-6-4-5-15(13-16)21-23-18-7-2-3-8-19(18)26-21/h2-13H,1H3,(H,22,24). The van der Waals surface area contributed by atoms with E-state index < -0.39 is 0 Å². The second kappa shape index (κ2) is 6.72. The summed E-state index contributed by atoms with van der Waals surface area (Å²) in [5.41, 5.74) is 3.56. The highest BCUT2D eigenvalue weighted by Crippen LogP contribution is 2.26. The van der Waals surface area contributed by atoms with E-state index in [4.69, 9.17) is 9.15 Å². The molecule has 26 heavy (non-hydrogen) atoms. The molecule has 0 unspecified atom stereocenters. The van der Waals surface area contributed by atoms with Crippen LogP contribution in [0.25, 0.3) is 22.6 Å². The molecule has 4 rings (SSSR count). The van der Waals surface area contributed by atoms with E-state index >= 15 is 0 Å². The number of nitrogens with zero attached hydrogens (tertiary/aromatic N) is 1. The molecule has 0 atom stereocenters. The van der Waals surface area contributed by atoms with Crippen LogP contribution in [0.3, 0.4) is 0 Å². The molecule has 1 heterocycles. The number of hydrogen-bond acceptors (Lipinski definition) is 4. The van der Waals surface area contributed by atoms with Crippen LogP contribution in [0.4, 0.5) is 5.69 Å². The summed E-state index contributed by atoms with van der Waals surface area (Å²) in [7, 11) is 1.59. The highest BCUT2D eigenvalue weighted by Gasteiger charge is 2.10. The number of nitrogens with one attached hydrogen (secondary N) is 1. The molecule has 128 valence electrons. The Kier molecular flexibility index (Phi) is 4.11. The second-order valence-electron chi connectivity index (χ2n) is 5.75. The summed E-state index contributed by atoms with van der Waals surface area (Å²) in [6.07, 6.45) is 0. The van der Waals surface area contributed by atoms with Crippen LogP contribution >= 0.6 is 0 Å². The number of fused-ring (bicyclic) bond motifs is 1. The molecule has 1 aromatic heterocycles. The lowest BCUT2D eigenvalue weighted by atomic mass is 10.1. The fraction of sp³-hybridized carbons (Fsp3) is 0.0476. The first-order valence-electron chi connectivity index (χ1n) is 8.14. The summed E-state index contributed by atoms with van der Waals surface area (Å²) in [6.45, 7) is 0. The van der Waals surface area contributed by atoms with Crippen molar-refractivity contribution in [1.29, 1.82) is 0 Å². The van der Waals surface area contributed by atoms with Gasteiger partial charge >= 0.3 is 0 Å². The molecule has 0 bridgehead atoms. The summed E-state index contributed by atoms with van der Waals surface area (Å²) in [5, 5.41) is 2.89. The van der Waals surface area contributed by atoms with Crippen LogP contribution in [0.2, 0.25) is 0 Å². The second-order valence-corrected chi connectivity index (χ2v) is 5.75. The van der Waals surface area contributed by atoms with Crippen LogP contribution in [-0.4, -0.2) is 18.0 Å². The lowest BCUT2D eigenvalue weighted by molar-refractivity contribution is 0.102. The third-order valence-electron chi connectivity index (χ3n) is 4.01. The first-order chi connectivity index (χ1) is 12.7. The van der Waals surface area contributed by atoms with E-state index in [2.05, 4.69) is 10.3 Å². The van der Waals surface area contributed by atoms with Crippen molar-refractivity contribution in [2.75, 3.05) is 12.4 Å². The summed E-state index contributed by atoms with van der Waals surface area (Å²) >= 11 is 0. The molecule has 0 radical (unpaired) electrons. The van der Waals surface area contributed by atoms with Crippen molar-refractivity contribution in [2.24, 2.45) is 0 Å². The number of amides is 1. The molecule has 0 fully saturated rings. The minimum atomic E-state index is -0.192. The van der Waals surface area contributed by atoms with E-state index in [9.17, 15) is 4.79 Å². The third kappa shape index (κ3) is 3.15. The van der Waals surface area contributed by atoms with Crippen LogP contribution in [0.15, 0.2) is 77.2 Å². The van der Waals surface area contributed by atoms with Crippen molar-refractivity contribution in [3.05, 3.63) is 78.4 Å². The molecule has 5 nitrogen and oxygen atoms in total. The molecular weight excluding hydrogens is 328 g/mol. The fourth-order valence-corrected chi connectivity index (χ4v) is 2.67. The number of carbonyl (C=O) groups is 1. The molecule has 1 amide bonds. The van der Waals surface area contributed by atoms with Gasteiger partial charge < -0.3 is 14.5 Å². The van der Waals surface area contributed by atoms with Crippen molar-refractivity contribution >= 4 is 22.7 Å². The molecule has 0 saturated carbocycles. The van der Waals surface area contributed by atoms with Crippen molar-refractivity contribution in [3.63, 3.8) is 0 Å². The molecule has 4 aromatic rings. The number of methoxy groups -OCH3 is 1. The summed E-state index contributed by atoms with van der Waals surface area (Å²) < 4.78 is 10.9. The number of para-hydroxylation sites is 2. The van der Waals surface area contributed by atoms with Crippen LogP contribution < -0.4 is 10.1 Å². The van der Waals surface area contributed by atoms with Gasteiger partial charge in [-0.15, -0.1) is 0 Å². The Labute approximate surface area is 150 Å². The zero-order valence-electron chi connectivity index (χ0n) is 14.1. The predicted octanol–water partition coefficient (Wildman–Crippen LogP) is 4.76. The van der Waals surface area contributed by atoms with E-state index in [1.807, 2.05) is 48.5 Å². The quantitative estimate of drug-likeness (QED) is 0.580. The van der Waals surface area contributed by atoms with Gasteiger partial charge in [0.05, 0.1) is 7.11 Å². The SMILES string of the molecule is COc1ccc(C(=O)Nc2cccc(-c3nc4ccccc4o3)c2)cc1. The van der Waals surface area contributed by atoms with E-state index in [0.717, 1.165) is 16.7 Å². The molecule has 0 aliphatic rings. The van der Waals surface area contributed by atoms with Gasteiger partial charge in [-0.05, 0) is 54.6 Å². The maximum Gasteiger partial charge on any atom is 0.255 e. The predicted molar refractivity (Wildman–Crippen MR) is 100 cm³/mol. The minimum Gasteiger partial charge on any atom is -0.497 e. The van der Waals surface area contributed by atoms with Gasteiger partial charge in [-0.2, -0.15) is 0 Å². The van der Waals surface area contributed by atoms with Gasteiger partial charge in [-0.1, -0.05) is 18.2 Å². The topological polar surface area (TPSA) is 64.4 Å². The first kappa shape index (κ1) is 15.9. The maximum absolute atomic E-state index is 12.4. The van der Waals surface area contributed by atoms with Gasteiger partial charge in [0.15, 0.2) is 5.58 Å². The van der Waals surface area contributed by atoms with Crippen LogP contribution in [0.5, 0.6) is 5.75 Å². The van der Waals surface area contributed by atoms with Gasteiger partial charge in [-0.25, -0.2) is 4.98 Å². The van der Waals surface area contributed by atoms with Crippen LogP contribution in [-0.2, 0) is 0 Å². The average Bonchev–Trinajstić information content (AvgIpc) is 3.12. The van der Waals surface area contributed by atoms with Crippen molar-refractivity contribution in [2.45, 2.75) is 0 Å². The third-order valence-corrected chi connectivity index (χ3v) is 4.01. The van der Waals surface area contributed by atoms with Gasteiger partial charge in [-0.3, -0.25) is 4.79 Å². The zero-order valence-corrected chi connectivity index (χ0v) is 14.1. The van der Waals surface area contributed by atoms with Crippen LogP contribution in [0, 0.1) is 0 Å². The number of benzene rings is 3. The molecular formula is C21H16N2O3. The highest BCUT2D eigenvalue weighted by molar-refractivity contribution is 6.04. The summed E-state index contributed by atoms with van der Waals surface area (Å²) in [5.74, 6) is 1.04. The van der Waals surface area contributed by atoms with Gasteiger partial charge in [0.2, 0.25) is 5.89 Å². The molecule has 1 N–H and O–H groups in total. The Morgan fingerprint density at radius 2 is 1.81 bits per heavy atom. The number of anilines is 1. The van der Waals surface area contributed by atoms with Crippen molar-refractivity contribution < 1.29 is 13.9 Å². The molecule has 3 aromatic carbocycles. The van der Waals surface area contributed by atoms with E-state index in [1.165, 1.54) is 0 Å². The average molecular weight is 344 g/mol. The smallest absolute Gasteiger partial charge is 0.255 e. The Balaban J connectivity index is 1.57. The van der Waals surface area contributed by atoms with E-state index in [-0.39, 0.29) is 5.91 Å². The summed E-state index contributed by atoms with van der Waals surface area (Å²) in [4.78, 5) is 16.9. The Morgan fingerprint density at radius 3 is 2.58 bits per heavy atom. The highest BCUT2D eigenvalue weighted by atomic mass is 16.5. The normalized spacial score (nSPS) is 10.7. The Hall–Kier alpha value is -3.60. The number of hydrogen-bond donors (Lipinski definition) is 1. The van der Waals surface area contributed by atoms with Crippen molar-refractivity contribution in [1.82, 2.24) is 4.98 Å². The van der Waals surface area contributed by atoms with Crippen molar-refractivity contribution in [3.8, 4) is 17.2 Å². The number of aromatic nitrogens is 1. The molecule has 0 aliphatic carbocycles. The number of rotatable bonds is 4. The first-order valence-corrected chi connectivity index (χ1v) is 8.14. The van der Waals surface area contributed by atoms with Crippen LogP contribution in [0.1, 0.15) is 10.4 Å². The van der Waals surface area contributed by atoms with E-state index in [1.54, 1.807) is 31.4 Å². The van der Waals surface area contributed by atoms with Gasteiger partial charge in [0.25, 0.3) is 5.91 Å². The molecule has 0 aliphatic heterocycles. The monoisotopic (exact) mass is 344 g/mol. The zero-order chi connectivity index (χ0) is 17.9. The Bertz CT molecular complexity index is 1040. The lowest BCUT2D eigenvalue weighted by Crippen LogP contribution is -2.11. The molecule has 0 saturated heterocycles. The van der Waals surface area contributed by atoms with Gasteiger partial charge in [0.1, 0.15) is 11.3 Å². The molecule has 5 heteroatoms.